The van der Waals surface area contributed by atoms with Crippen molar-refractivity contribution >= 4 is 16.9 Å². The minimum absolute atomic E-state index is 0.346. The first-order valence-corrected chi connectivity index (χ1v) is 6.08. The number of aromatic carboxylic acids is 1. The van der Waals surface area contributed by atoms with Crippen molar-refractivity contribution in [3.05, 3.63) is 59.4 Å². The minimum atomic E-state index is -1.28. The monoisotopic (exact) mass is 270 g/mol. The number of rotatable bonds is 2. The molecular formula is C16H11FO3. The molecule has 0 radical (unpaired) electrons. The molecule has 0 bridgehead atoms. The van der Waals surface area contributed by atoms with Crippen LogP contribution in [0.3, 0.4) is 0 Å². The third kappa shape index (κ3) is 1.95. The Bertz CT molecular complexity index is 818. The zero-order valence-corrected chi connectivity index (χ0v) is 10.7. The predicted octanol–water partition coefficient (Wildman–Crippen LogP) is 4.25. The molecule has 100 valence electrons. The fourth-order valence-electron chi connectivity index (χ4n) is 2.19. The molecule has 0 saturated carbocycles. The van der Waals surface area contributed by atoms with E-state index in [9.17, 15) is 9.18 Å². The molecule has 1 N–H and O–H groups in total. The van der Waals surface area contributed by atoms with E-state index in [0.29, 0.717) is 11.3 Å². The zero-order chi connectivity index (χ0) is 14.3. The lowest BCUT2D eigenvalue weighted by Gasteiger charge is -2.00. The second kappa shape index (κ2) is 4.49. The van der Waals surface area contributed by atoms with Gasteiger partial charge in [-0.3, -0.25) is 0 Å². The van der Waals surface area contributed by atoms with E-state index in [1.807, 2.05) is 31.2 Å². The van der Waals surface area contributed by atoms with Gasteiger partial charge in [-0.25, -0.2) is 9.18 Å². The summed E-state index contributed by atoms with van der Waals surface area (Å²) in [5, 5.41) is 9.75. The maximum atomic E-state index is 13.7. The average molecular weight is 270 g/mol. The van der Waals surface area contributed by atoms with Gasteiger partial charge in [0.05, 0.1) is 5.56 Å². The number of carboxylic acid groups (broad SMARTS) is 1. The van der Waals surface area contributed by atoms with Gasteiger partial charge in [0.2, 0.25) is 0 Å². The largest absolute Gasteiger partial charge is 0.478 e. The van der Waals surface area contributed by atoms with E-state index < -0.39 is 11.8 Å². The molecular weight excluding hydrogens is 259 g/mol. The molecule has 3 rings (SSSR count). The van der Waals surface area contributed by atoms with Crippen molar-refractivity contribution in [2.24, 2.45) is 0 Å². The molecule has 4 heteroatoms. The Morgan fingerprint density at radius 3 is 2.65 bits per heavy atom. The summed E-state index contributed by atoms with van der Waals surface area (Å²) in [7, 11) is 0. The molecule has 0 spiro atoms. The van der Waals surface area contributed by atoms with Crippen molar-refractivity contribution in [3.8, 4) is 11.3 Å². The molecule has 0 amide bonds. The van der Waals surface area contributed by atoms with Crippen LogP contribution in [0.2, 0.25) is 0 Å². The van der Waals surface area contributed by atoms with Crippen LogP contribution in [0, 0.1) is 12.7 Å². The summed E-state index contributed by atoms with van der Waals surface area (Å²) >= 11 is 0. The Kier molecular flexibility index (Phi) is 2.79. The number of halogens is 1. The van der Waals surface area contributed by atoms with Gasteiger partial charge in [0.25, 0.3) is 0 Å². The Hall–Kier alpha value is -2.62. The van der Waals surface area contributed by atoms with E-state index in [4.69, 9.17) is 9.52 Å². The van der Waals surface area contributed by atoms with Crippen molar-refractivity contribution in [2.75, 3.05) is 0 Å². The van der Waals surface area contributed by atoms with Gasteiger partial charge in [-0.2, -0.15) is 0 Å². The van der Waals surface area contributed by atoms with Gasteiger partial charge in [-0.1, -0.05) is 24.3 Å². The summed E-state index contributed by atoms with van der Waals surface area (Å²) < 4.78 is 19.4. The molecule has 0 aliphatic carbocycles. The molecule has 0 fully saturated rings. The van der Waals surface area contributed by atoms with E-state index in [1.54, 1.807) is 6.07 Å². The van der Waals surface area contributed by atoms with Crippen LogP contribution in [0.5, 0.6) is 0 Å². The summed E-state index contributed by atoms with van der Waals surface area (Å²) in [5.74, 6) is -1.54. The third-order valence-electron chi connectivity index (χ3n) is 3.22. The number of fused-ring (bicyclic) bond motifs is 1. The van der Waals surface area contributed by atoms with Crippen molar-refractivity contribution in [3.63, 3.8) is 0 Å². The standard InChI is InChI=1S/C16H11FO3/c1-9-3-2-4-11-8-14(20-15(9)11)10-5-6-12(16(18)19)13(17)7-10/h2-8H,1H3,(H,18,19). The molecule has 3 aromatic rings. The van der Waals surface area contributed by atoms with Crippen LogP contribution in [0.15, 0.2) is 46.9 Å². The summed E-state index contributed by atoms with van der Waals surface area (Å²) in [6.45, 7) is 1.93. The molecule has 0 aliphatic heterocycles. The maximum Gasteiger partial charge on any atom is 0.338 e. The van der Waals surface area contributed by atoms with E-state index in [2.05, 4.69) is 0 Å². The van der Waals surface area contributed by atoms with E-state index in [1.165, 1.54) is 12.1 Å². The van der Waals surface area contributed by atoms with Crippen LogP contribution in [-0.2, 0) is 0 Å². The van der Waals surface area contributed by atoms with E-state index in [-0.39, 0.29) is 5.56 Å². The molecule has 1 heterocycles. The molecule has 20 heavy (non-hydrogen) atoms. The molecule has 0 unspecified atom stereocenters. The first-order valence-electron chi connectivity index (χ1n) is 6.08. The number of hydrogen-bond donors (Lipinski definition) is 1. The summed E-state index contributed by atoms with van der Waals surface area (Å²) in [6, 6.07) is 11.5. The minimum Gasteiger partial charge on any atom is -0.478 e. The third-order valence-corrected chi connectivity index (χ3v) is 3.22. The lowest BCUT2D eigenvalue weighted by molar-refractivity contribution is 0.0692. The normalized spacial score (nSPS) is 10.9. The van der Waals surface area contributed by atoms with Gasteiger partial charge in [-0.15, -0.1) is 0 Å². The Morgan fingerprint density at radius 2 is 2.00 bits per heavy atom. The highest BCUT2D eigenvalue weighted by Gasteiger charge is 2.13. The van der Waals surface area contributed by atoms with E-state index in [0.717, 1.165) is 16.5 Å². The summed E-state index contributed by atoms with van der Waals surface area (Å²) in [5.41, 5.74) is 1.92. The van der Waals surface area contributed by atoms with Crippen LogP contribution in [-0.4, -0.2) is 11.1 Å². The van der Waals surface area contributed by atoms with Crippen LogP contribution in [0.1, 0.15) is 15.9 Å². The van der Waals surface area contributed by atoms with Crippen LogP contribution in [0.25, 0.3) is 22.3 Å². The average Bonchev–Trinajstić information content (AvgIpc) is 2.83. The second-order valence-corrected chi connectivity index (χ2v) is 4.60. The summed E-state index contributed by atoms with van der Waals surface area (Å²) in [6.07, 6.45) is 0. The molecule has 0 aliphatic rings. The lowest BCUT2D eigenvalue weighted by atomic mass is 10.1. The van der Waals surface area contributed by atoms with Gasteiger partial charge >= 0.3 is 5.97 Å². The summed E-state index contributed by atoms with van der Waals surface area (Å²) in [4.78, 5) is 10.8. The maximum absolute atomic E-state index is 13.7. The highest BCUT2D eigenvalue weighted by molar-refractivity contribution is 5.89. The quantitative estimate of drug-likeness (QED) is 0.757. The first kappa shape index (κ1) is 12.4. The van der Waals surface area contributed by atoms with Crippen LogP contribution < -0.4 is 0 Å². The fourth-order valence-corrected chi connectivity index (χ4v) is 2.19. The Labute approximate surface area is 114 Å². The Balaban J connectivity index is 2.13. The van der Waals surface area contributed by atoms with Gasteiger partial charge in [0.1, 0.15) is 17.2 Å². The van der Waals surface area contributed by atoms with Crippen molar-refractivity contribution in [1.82, 2.24) is 0 Å². The number of furan rings is 1. The number of para-hydroxylation sites is 1. The highest BCUT2D eigenvalue weighted by Crippen LogP contribution is 2.30. The van der Waals surface area contributed by atoms with E-state index >= 15 is 0 Å². The SMILES string of the molecule is Cc1cccc2cc(-c3ccc(C(=O)O)c(F)c3)oc12. The number of hydrogen-bond acceptors (Lipinski definition) is 2. The highest BCUT2D eigenvalue weighted by atomic mass is 19.1. The first-order chi connectivity index (χ1) is 9.56. The zero-order valence-electron chi connectivity index (χ0n) is 10.7. The molecule has 0 saturated heterocycles. The van der Waals surface area contributed by atoms with Crippen LogP contribution in [0.4, 0.5) is 4.39 Å². The fraction of sp³-hybridized carbons (Fsp3) is 0.0625. The number of benzene rings is 2. The predicted molar refractivity (Wildman–Crippen MR) is 73.3 cm³/mol. The number of aryl methyl sites for hydroxylation is 1. The molecule has 0 atom stereocenters. The molecule has 2 aromatic carbocycles. The van der Waals surface area contributed by atoms with Crippen molar-refractivity contribution in [2.45, 2.75) is 6.92 Å². The smallest absolute Gasteiger partial charge is 0.338 e. The van der Waals surface area contributed by atoms with Crippen LogP contribution >= 0.6 is 0 Å². The number of carboxylic acids is 1. The second-order valence-electron chi connectivity index (χ2n) is 4.60. The molecule has 3 nitrogen and oxygen atoms in total. The van der Waals surface area contributed by atoms with Crippen molar-refractivity contribution in [1.29, 1.82) is 0 Å². The molecule has 1 aromatic heterocycles. The lowest BCUT2D eigenvalue weighted by Crippen LogP contribution is -1.99. The van der Waals surface area contributed by atoms with Gasteiger partial charge in [0.15, 0.2) is 0 Å². The van der Waals surface area contributed by atoms with Gasteiger partial charge in [0, 0.05) is 10.9 Å². The topological polar surface area (TPSA) is 50.4 Å². The van der Waals surface area contributed by atoms with Gasteiger partial charge in [-0.05, 0) is 30.7 Å². The Morgan fingerprint density at radius 1 is 1.20 bits per heavy atom. The van der Waals surface area contributed by atoms with Crippen molar-refractivity contribution < 1.29 is 18.7 Å². The number of carbonyl (C=O) groups is 1. The van der Waals surface area contributed by atoms with Gasteiger partial charge < -0.3 is 9.52 Å².